The molecule has 4 heteroatoms. The van der Waals surface area contributed by atoms with Gasteiger partial charge in [-0.1, -0.05) is 30.3 Å². The molecule has 1 aromatic carbocycles. The molecule has 1 unspecified atom stereocenters. The molecule has 1 atom stereocenters. The first-order valence-corrected chi connectivity index (χ1v) is 7.46. The minimum absolute atomic E-state index is 0.124. The summed E-state index contributed by atoms with van der Waals surface area (Å²) in [4.78, 5) is 0. The summed E-state index contributed by atoms with van der Waals surface area (Å²) >= 11 is 0. The first-order chi connectivity index (χ1) is 7.66. The number of rotatable bonds is 3. The van der Waals surface area contributed by atoms with E-state index < -0.39 is 9.84 Å². The minimum atomic E-state index is -2.80. The van der Waals surface area contributed by atoms with Crippen LogP contribution in [0.1, 0.15) is 18.4 Å². The number of nitrogens with one attached hydrogen (secondary N) is 1. The van der Waals surface area contributed by atoms with E-state index in [0.717, 1.165) is 19.4 Å². The lowest BCUT2D eigenvalue weighted by molar-refractivity contribution is 0.480. The summed E-state index contributed by atoms with van der Waals surface area (Å²) in [5.41, 5.74) is 1.20. The normalized spacial score (nSPS) is 24.1. The number of hydrogen-bond acceptors (Lipinski definition) is 3. The molecule has 1 N–H and O–H groups in total. The molecule has 0 aromatic heterocycles. The zero-order valence-corrected chi connectivity index (χ0v) is 10.0. The van der Waals surface area contributed by atoms with Gasteiger partial charge in [-0.15, -0.1) is 0 Å². The van der Waals surface area contributed by atoms with Gasteiger partial charge in [-0.3, -0.25) is 0 Å². The van der Waals surface area contributed by atoms with Crippen LogP contribution in [0.4, 0.5) is 0 Å². The zero-order chi connectivity index (χ0) is 11.4. The molecular weight excluding hydrogens is 222 g/mol. The van der Waals surface area contributed by atoms with Gasteiger partial charge in [0.25, 0.3) is 0 Å². The predicted molar refractivity (Wildman–Crippen MR) is 65.0 cm³/mol. The Morgan fingerprint density at radius 2 is 2.00 bits per heavy atom. The van der Waals surface area contributed by atoms with Gasteiger partial charge >= 0.3 is 0 Å². The zero-order valence-electron chi connectivity index (χ0n) is 9.22. The van der Waals surface area contributed by atoms with Crippen LogP contribution >= 0.6 is 0 Å². The van der Waals surface area contributed by atoms with Crippen LogP contribution in [0.5, 0.6) is 0 Å². The molecule has 16 heavy (non-hydrogen) atoms. The molecule has 1 aliphatic rings. The van der Waals surface area contributed by atoms with Crippen molar-refractivity contribution < 1.29 is 8.42 Å². The Hall–Kier alpha value is -0.870. The van der Waals surface area contributed by atoms with Crippen molar-refractivity contribution in [1.29, 1.82) is 0 Å². The fraction of sp³-hybridized carbons (Fsp3) is 0.500. The van der Waals surface area contributed by atoms with Crippen LogP contribution in [0.15, 0.2) is 30.3 Å². The highest BCUT2D eigenvalue weighted by Crippen LogP contribution is 2.12. The number of benzene rings is 1. The molecule has 1 heterocycles. The molecule has 1 saturated heterocycles. The third kappa shape index (κ3) is 3.32. The van der Waals surface area contributed by atoms with E-state index in [0.29, 0.717) is 11.5 Å². The third-order valence-corrected chi connectivity index (χ3v) is 4.72. The predicted octanol–water partition coefficient (Wildman–Crippen LogP) is 1.35. The second kappa shape index (κ2) is 4.97. The van der Waals surface area contributed by atoms with Crippen LogP contribution in [-0.4, -0.2) is 26.0 Å². The summed E-state index contributed by atoms with van der Waals surface area (Å²) in [7, 11) is -2.80. The third-order valence-electron chi connectivity index (χ3n) is 2.90. The molecule has 3 nitrogen and oxygen atoms in total. The Bertz CT molecular complexity index is 428. The van der Waals surface area contributed by atoms with Gasteiger partial charge in [0.1, 0.15) is 0 Å². The molecular formula is C12H17NO2S. The second-order valence-corrected chi connectivity index (χ2v) is 6.55. The Morgan fingerprint density at radius 3 is 2.69 bits per heavy atom. The van der Waals surface area contributed by atoms with Crippen molar-refractivity contribution in [2.75, 3.05) is 11.5 Å². The van der Waals surface area contributed by atoms with E-state index in [1.54, 1.807) is 0 Å². The van der Waals surface area contributed by atoms with Crippen LogP contribution in [0.25, 0.3) is 0 Å². The van der Waals surface area contributed by atoms with Crippen LogP contribution in [-0.2, 0) is 16.4 Å². The van der Waals surface area contributed by atoms with Crippen molar-refractivity contribution in [1.82, 2.24) is 5.32 Å². The molecule has 0 radical (unpaired) electrons. The van der Waals surface area contributed by atoms with E-state index in [2.05, 4.69) is 5.32 Å². The summed E-state index contributed by atoms with van der Waals surface area (Å²) < 4.78 is 22.9. The molecule has 0 amide bonds. The molecule has 2 rings (SSSR count). The molecule has 1 fully saturated rings. The summed E-state index contributed by atoms with van der Waals surface area (Å²) in [6.45, 7) is 0.751. The van der Waals surface area contributed by atoms with Gasteiger partial charge in [0.15, 0.2) is 9.84 Å². The lowest BCUT2D eigenvalue weighted by Gasteiger charge is -2.23. The fourth-order valence-electron chi connectivity index (χ4n) is 2.04. The van der Waals surface area contributed by atoms with Gasteiger partial charge in [-0.25, -0.2) is 8.42 Å². The smallest absolute Gasteiger partial charge is 0.151 e. The van der Waals surface area contributed by atoms with Crippen LogP contribution in [0.3, 0.4) is 0 Å². The second-order valence-electron chi connectivity index (χ2n) is 4.32. The molecule has 1 aliphatic heterocycles. The highest BCUT2D eigenvalue weighted by atomic mass is 32.2. The van der Waals surface area contributed by atoms with E-state index in [-0.39, 0.29) is 6.04 Å². The standard InChI is InChI=1S/C12H17NO2S/c14-16(15)8-4-7-12(10-16)13-9-11-5-2-1-3-6-11/h1-3,5-6,12-13H,4,7-10H2. The lowest BCUT2D eigenvalue weighted by atomic mass is 10.1. The fourth-order valence-corrected chi connectivity index (χ4v) is 3.71. The van der Waals surface area contributed by atoms with Crippen molar-refractivity contribution in [3.05, 3.63) is 35.9 Å². The van der Waals surface area contributed by atoms with E-state index in [9.17, 15) is 8.42 Å². The van der Waals surface area contributed by atoms with Crippen molar-refractivity contribution in [2.45, 2.75) is 25.4 Å². The highest BCUT2D eigenvalue weighted by Gasteiger charge is 2.23. The largest absolute Gasteiger partial charge is 0.309 e. The van der Waals surface area contributed by atoms with E-state index in [1.807, 2.05) is 30.3 Å². The average Bonchev–Trinajstić information content (AvgIpc) is 2.27. The maximum Gasteiger partial charge on any atom is 0.151 e. The Morgan fingerprint density at radius 1 is 1.25 bits per heavy atom. The molecule has 0 spiro atoms. The first kappa shape index (κ1) is 11.6. The van der Waals surface area contributed by atoms with Gasteiger partial charge in [0.2, 0.25) is 0 Å². The maximum atomic E-state index is 11.4. The summed E-state index contributed by atoms with van der Waals surface area (Å²) in [6.07, 6.45) is 1.75. The van der Waals surface area contributed by atoms with Gasteiger partial charge < -0.3 is 5.32 Å². The molecule has 1 aromatic rings. The van der Waals surface area contributed by atoms with Gasteiger partial charge in [0.05, 0.1) is 11.5 Å². The molecule has 0 saturated carbocycles. The van der Waals surface area contributed by atoms with Crippen molar-refractivity contribution in [2.24, 2.45) is 0 Å². The molecule has 0 aliphatic carbocycles. The van der Waals surface area contributed by atoms with Crippen LogP contribution in [0.2, 0.25) is 0 Å². The van der Waals surface area contributed by atoms with Gasteiger partial charge in [-0.05, 0) is 18.4 Å². The Balaban J connectivity index is 1.87. The molecule has 0 bridgehead atoms. The molecule has 88 valence electrons. The first-order valence-electron chi connectivity index (χ1n) is 5.63. The quantitative estimate of drug-likeness (QED) is 0.866. The van der Waals surface area contributed by atoms with Gasteiger partial charge in [0, 0.05) is 12.6 Å². The topological polar surface area (TPSA) is 46.2 Å². The Labute approximate surface area is 96.8 Å². The average molecular weight is 239 g/mol. The van der Waals surface area contributed by atoms with Crippen molar-refractivity contribution in [3.63, 3.8) is 0 Å². The van der Waals surface area contributed by atoms with Gasteiger partial charge in [-0.2, -0.15) is 0 Å². The summed E-state index contributed by atoms with van der Waals surface area (Å²) in [5.74, 6) is 0.649. The maximum absolute atomic E-state index is 11.4. The lowest BCUT2D eigenvalue weighted by Crippen LogP contribution is -2.39. The minimum Gasteiger partial charge on any atom is -0.309 e. The van der Waals surface area contributed by atoms with E-state index >= 15 is 0 Å². The summed E-state index contributed by atoms with van der Waals surface area (Å²) in [5, 5.41) is 3.31. The van der Waals surface area contributed by atoms with E-state index in [1.165, 1.54) is 5.56 Å². The SMILES string of the molecule is O=S1(=O)CCCC(NCc2ccccc2)C1. The Kier molecular flexibility index (Phi) is 3.61. The van der Waals surface area contributed by atoms with Crippen molar-refractivity contribution >= 4 is 9.84 Å². The number of hydrogen-bond donors (Lipinski definition) is 1. The van der Waals surface area contributed by atoms with Crippen LogP contribution < -0.4 is 5.32 Å². The highest BCUT2D eigenvalue weighted by molar-refractivity contribution is 7.91. The summed E-state index contributed by atoms with van der Waals surface area (Å²) in [6, 6.07) is 10.2. The van der Waals surface area contributed by atoms with E-state index in [4.69, 9.17) is 0 Å². The number of sulfone groups is 1. The van der Waals surface area contributed by atoms with Crippen LogP contribution in [0, 0.1) is 0 Å². The van der Waals surface area contributed by atoms with Crippen molar-refractivity contribution in [3.8, 4) is 0 Å². The monoisotopic (exact) mass is 239 g/mol.